The molecule has 1 aliphatic rings. The number of hydrogen-bond donors (Lipinski definition) is 0. The van der Waals surface area contributed by atoms with Gasteiger partial charge in [0.25, 0.3) is 0 Å². The zero-order chi connectivity index (χ0) is 8.65. The van der Waals surface area contributed by atoms with E-state index in [1.807, 2.05) is 20.8 Å². The molecule has 0 aliphatic carbocycles. The predicted molar refractivity (Wildman–Crippen MR) is 45.9 cm³/mol. The van der Waals surface area contributed by atoms with Crippen molar-refractivity contribution < 1.29 is 9.00 Å². The summed E-state index contributed by atoms with van der Waals surface area (Å²) in [7, 11) is -0.960. The summed E-state index contributed by atoms with van der Waals surface area (Å²) in [6.07, 6.45) is 0.596. The highest BCUT2D eigenvalue weighted by Crippen LogP contribution is 2.30. The fourth-order valence-corrected chi connectivity index (χ4v) is 2.52. The van der Waals surface area contributed by atoms with Gasteiger partial charge in [-0.25, -0.2) is 0 Å². The number of carbonyl (C=O) groups is 1. The van der Waals surface area contributed by atoms with Gasteiger partial charge in [0.2, 0.25) is 0 Å². The average Bonchev–Trinajstić information content (AvgIpc) is 1.84. The maximum atomic E-state index is 11.4. The van der Waals surface area contributed by atoms with Crippen LogP contribution in [-0.2, 0) is 15.6 Å². The molecule has 2 atom stereocenters. The molecular formula is C8H14O2S. The van der Waals surface area contributed by atoms with Crippen LogP contribution in [0.15, 0.2) is 0 Å². The molecule has 0 saturated carbocycles. The molecule has 1 rings (SSSR count). The Morgan fingerprint density at radius 1 is 1.55 bits per heavy atom. The van der Waals surface area contributed by atoms with Crippen molar-refractivity contribution in [2.24, 2.45) is 5.92 Å². The molecule has 1 saturated heterocycles. The maximum Gasteiger partial charge on any atom is 0.145 e. The monoisotopic (exact) mass is 174 g/mol. The van der Waals surface area contributed by atoms with E-state index in [2.05, 4.69) is 0 Å². The van der Waals surface area contributed by atoms with Crippen molar-refractivity contribution >= 4 is 16.6 Å². The third-order valence-corrected chi connectivity index (χ3v) is 4.76. The zero-order valence-corrected chi connectivity index (χ0v) is 8.03. The van der Waals surface area contributed by atoms with Gasteiger partial charge in [-0.1, -0.05) is 6.92 Å². The van der Waals surface area contributed by atoms with Crippen LogP contribution >= 0.6 is 0 Å². The highest BCUT2D eigenvalue weighted by Gasteiger charge is 2.38. The van der Waals surface area contributed by atoms with Gasteiger partial charge in [-0.05, 0) is 19.8 Å². The van der Waals surface area contributed by atoms with Gasteiger partial charge in [0.1, 0.15) is 5.78 Å². The smallest absolute Gasteiger partial charge is 0.145 e. The summed E-state index contributed by atoms with van der Waals surface area (Å²) >= 11 is 0. The van der Waals surface area contributed by atoms with Crippen molar-refractivity contribution in [3.05, 3.63) is 0 Å². The molecule has 0 aromatic heterocycles. The second kappa shape index (κ2) is 2.70. The van der Waals surface area contributed by atoms with Crippen molar-refractivity contribution in [2.75, 3.05) is 5.75 Å². The molecule has 1 heterocycles. The lowest BCUT2D eigenvalue weighted by Crippen LogP contribution is -2.43. The van der Waals surface area contributed by atoms with E-state index in [1.165, 1.54) is 0 Å². The van der Waals surface area contributed by atoms with Crippen LogP contribution < -0.4 is 0 Å². The van der Waals surface area contributed by atoms with Crippen LogP contribution in [0.2, 0.25) is 0 Å². The summed E-state index contributed by atoms with van der Waals surface area (Å²) in [6, 6.07) is 0. The molecule has 0 spiro atoms. The predicted octanol–water partition coefficient (Wildman–Crippen LogP) is 1.12. The lowest BCUT2D eigenvalue weighted by atomic mass is 9.91. The highest BCUT2D eigenvalue weighted by molar-refractivity contribution is 7.87. The van der Waals surface area contributed by atoms with Crippen LogP contribution in [0.3, 0.4) is 0 Å². The summed E-state index contributed by atoms with van der Waals surface area (Å²) in [5.74, 6) is 0.664. The summed E-state index contributed by atoms with van der Waals surface area (Å²) < 4.78 is 11.3. The quantitative estimate of drug-likeness (QED) is 0.551. The Morgan fingerprint density at radius 2 is 2.09 bits per heavy atom. The third kappa shape index (κ3) is 1.53. The Labute approximate surface area is 69.8 Å². The summed E-state index contributed by atoms with van der Waals surface area (Å²) in [6.45, 7) is 5.94. The van der Waals surface area contributed by atoms with E-state index in [0.717, 1.165) is 0 Å². The number of carbonyl (C=O) groups excluding carboxylic acids is 1. The van der Waals surface area contributed by atoms with Crippen molar-refractivity contribution in [3.63, 3.8) is 0 Å². The molecular weight excluding hydrogens is 160 g/mol. The Kier molecular flexibility index (Phi) is 2.19. The fraction of sp³-hybridized carbons (Fsp3) is 0.875. The second-order valence-electron chi connectivity index (χ2n) is 3.74. The lowest BCUT2D eigenvalue weighted by Gasteiger charge is -2.34. The summed E-state index contributed by atoms with van der Waals surface area (Å²) in [5, 5.41) is 0. The molecule has 1 fully saturated rings. The molecule has 0 N–H and O–H groups in total. The topological polar surface area (TPSA) is 34.1 Å². The SMILES string of the molecule is CC1CC(=O)CS(=O)C1(C)C. The Bertz CT molecular complexity index is 208. The van der Waals surface area contributed by atoms with E-state index in [9.17, 15) is 9.00 Å². The van der Waals surface area contributed by atoms with Gasteiger partial charge in [0.15, 0.2) is 0 Å². The molecule has 0 amide bonds. The largest absolute Gasteiger partial charge is 0.299 e. The molecule has 0 aromatic rings. The van der Waals surface area contributed by atoms with Crippen molar-refractivity contribution in [1.82, 2.24) is 0 Å². The first kappa shape index (κ1) is 8.91. The molecule has 3 heteroatoms. The van der Waals surface area contributed by atoms with Gasteiger partial charge in [0, 0.05) is 22.0 Å². The average molecular weight is 174 g/mol. The lowest BCUT2D eigenvalue weighted by molar-refractivity contribution is -0.118. The zero-order valence-electron chi connectivity index (χ0n) is 7.22. The third-order valence-electron chi connectivity index (χ3n) is 2.60. The van der Waals surface area contributed by atoms with Crippen LogP contribution in [0, 0.1) is 5.92 Å². The number of hydrogen-bond acceptors (Lipinski definition) is 2. The van der Waals surface area contributed by atoms with Crippen molar-refractivity contribution in [1.29, 1.82) is 0 Å². The molecule has 1 aliphatic heterocycles. The number of ketones is 1. The van der Waals surface area contributed by atoms with E-state index in [0.29, 0.717) is 6.42 Å². The number of Topliss-reactive ketones (excluding diaryl/α,β-unsaturated/α-hetero) is 1. The molecule has 2 nitrogen and oxygen atoms in total. The van der Waals surface area contributed by atoms with Gasteiger partial charge in [0.05, 0.1) is 5.75 Å². The van der Waals surface area contributed by atoms with Crippen LogP contribution in [0.4, 0.5) is 0 Å². The Balaban J connectivity index is 2.84. The van der Waals surface area contributed by atoms with E-state index in [1.54, 1.807) is 0 Å². The molecule has 0 bridgehead atoms. The molecule has 64 valence electrons. The summed E-state index contributed by atoms with van der Waals surface area (Å²) in [5.41, 5.74) is 0. The van der Waals surface area contributed by atoms with Gasteiger partial charge >= 0.3 is 0 Å². The Hall–Kier alpha value is -0.180. The standard InChI is InChI=1S/C8H14O2S/c1-6-4-7(9)5-11(10)8(6,2)3/h6H,4-5H2,1-3H3. The molecule has 2 unspecified atom stereocenters. The van der Waals surface area contributed by atoms with Crippen molar-refractivity contribution in [3.8, 4) is 0 Å². The van der Waals surface area contributed by atoms with E-state index >= 15 is 0 Å². The molecule has 0 aromatic carbocycles. The minimum atomic E-state index is -0.960. The normalized spacial score (nSPS) is 37.2. The minimum absolute atomic E-state index is 0.148. The first-order valence-corrected chi connectivity index (χ1v) is 5.16. The van der Waals surface area contributed by atoms with Crippen LogP contribution in [0.5, 0.6) is 0 Å². The number of rotatable bonds is 0. The maximum absolute atomic E-state index is 11.4. The first-order valence-electron chi connectivity index (χ1n) is 3.84. The second-order valence-corrected chi connectivity index (χ2v) is 5.77. The van der Waals surface area contributed by atoms with E-state index < -0.39 is 10.8 Å². The Morgan fingerprint density at radius 3 is 2.55 bits per heavy atom. The minimum Gasteiger partial charge on any atom is -0.299 e. The van der Waals surface area contributed by atoms with Crippen molar-refractivity contribution in [2.45, 2.75) is 31.9 Å². The van der Waals surface area contributed by atoms with E-state index in [-0.39, 0.29) is 22.2 Å². The van der Waals surface area contributed by atoms with Gasteiger partial charge < -0.3 is 0 Å². The van der Waals surface area contributed by atoms with E-state index in [4.69, 9.17) is 0 Å². The van der Waals surface area contributed by atoms with Gasteiger partial charge in [-0.2, -0.15) is 0 Å². The highest BCUT2D eigenvalue weighted by atomic mass is 32.2. The van der Waals surface area contributed by atoms with Crippen LogP contribution in [0.1, 0.15) is 27.2 Å². The van der Waals surface area contributed by atoms with Gasteiger partial charge in [-0.3, -0.25) is 9.00 Å². The molecule has 0 radical (unpaired) electrons. The first-order chi connectivity index (χ1) is 4.94. The van der Waals surface area contributed by atoms with Gasteiger partial charge in [-0.15, -0.1) is 0 Å². The van der Waals surface area contributed by atoms with Crippen LogP contribution in [-0.4, -0.2) is 20.5 Å². The summed E-state index contributed by atoms with van der Waals surface area (Å²) in [4.78, 5) is 11.0. The molecule has 11 heavy (non-hydrogen) atoms. The fourth-order valence-electron chi connectivity index (χ4n) is 1.20. The van der Waals surface area contributed by atoms with Crippen LogP contribution in [0.25, 0.3) is 0 Å².